The molecule has 0 radical (unpaired) electrons. The van der Waals surface area contributed by atoms with Crippen LogP contribution < -0.4 is 0 Å². The Kier molecular flexibility index (Phi) is 11.8. The van der Waals surface area contributed by atoms with Crippen molar-refractivity contribution in [2.45, 2.75) is 99.8 Å². The van der Waals surface area contributed by atoms with Crippen molar-refractivity contribution in [3.8, 4) is 11.1 Å². The van der Waals surface area contributed by atoms with Crippen molar-refractivity contribution in [1.29, 1.82) is 0 Å². The molecule has 3 nitrogen and oxygen atoms in total. The number of carbonyl (C=O) groups excluding carboxylic acids is 3. The normalized spacial score (nSPS) is 16.4. The second-order valence-electron chi connectivity index (χ2n) is 10.7. The predicted molar refractivity (Wildman–Crippen MR) is 151 cm³/mol. The van der Waals surface area contributed by atoms with Crippen LogP contribution >= 0.6 is 0 Å². The van der Waals surface area contributed by atoms with Crippen molar-refractivity contribution >= 4 is 17.3 Å². The Morgan fingerprint density at radius 1 is 0.944 bits per heavy atom. The van der Waals surface area contributed by atoms with E-state index in [4.69, 9.17) is 0 Å². The molecule has 0 amide bonds. The second kappa shape index (κ2) is 14.3. The first-order chi connectivity index (χ1) is 17.2. The highest BCUT2D eigenvalue weighted by molar-refractivity contribution is 6.02. The third-order valence-corrected chi connectivity index (χ3v) is 7.27. The average molecular weight is 491 g/mol. The molecule has 2 aromatic rings. The molecule has 0 N–H and O–H groups in total. The summed E-state index contributed by atoms with van der Waals surface area (Å²) in [5.41, 5.74) is 6.64. The van der Waals surface area contributed by atoms with E-state index in [1.165, 1.54) is 24.5 Å². The minimum Gasteiger partial charge on any atom is -0.300 e. The summed E-state index contributed by atoms with van der Waals surface area (Å²) in [6.45, 7) is 14.1. The lowest BCUT2D eigenvalue weighted by atomic mass is 9.71. The Labute approximate surface area is 219 Å². The molecule has 3 heteroatoms. The van der Waals surface area contributed by atoms with Crippen molar-refractivity contribution in [2.24, 2.45) is 17.8 Å². The van der Waals surface area contributed by atoms with Crippen LogP contribution in [0.25, 0.3) is 11.1 Å². The van der Waals surface area contributed by atoms with Gasteiger partial charge in [0.25, 0.3) is 0 Å². The van der Waals surface area contributed by atoms with Crippen molar-refractivity contribution in [1.82, 2.24) is 0 Å². The number of carbonyl (C=O) groups is 3. The number of benzene rings is 2. The van der Waals surface area contributed by atoms with Gasteiger partial charge in [-0.1, -0.05) is 88.9 Å². The van der Waals surface area contributed by atoms with Gasteiger partial charge in [-0.2, -0.15) is 0 Å². The second-order valence-corrected chi connectivity index (χ2v) is 10.7. The molecule has 3 unspecified atom stereocenters. The molecule has 0 heterocycles. The van der Waals surface area contributed by atoms with Crippen LogP contribution in [0.2, 0.25) is 0 Å². The summed E-state index contributed by atoms with van der Waals surface area (Å²) in [6.07, 6.45) is 6.26. The average Bonchev–Trinajstić information content (AvgIpc) is 2.80. The first-order valence-corrected chi connectivity index (χ1v) is 13.9. The zero-order valence-corrected chi connectivity index (χ0v) is 23.6. The Balaban J connectivity index is 0.00000145. The molecular formula is C33H46O3. The van der Waals surface area contributed by atoms with Crippen LogP contribution in [0.4, 0.5) is 0 Å². The molecule has 0 aromatic heterocycles. The van der Waals surface area contributed by atoms with Gasteiger partial charge in [0.05, 0.1) is 6.42 Å². The molecule has 196 valence electrons. The molecule has 0 bridgehead atoms. The van der Waals surface area contributed by atoms with E-state index < -0.39 is 0 Å². The van der Waals surface area contributed by atoms with Crippen LogP contribution in [0.1, 0.15) is 107 Å². The van der Waals surface area contributed by atoms with Gasteiger partial charge in [-0.25, -0.2) is 0 Å². The van der Waals surface area contributed by atoms with Crippen LogP contribution in [-0.2, 0) is 16.0 Å². The van der Waals surface area contributed by atoms with Crippen LogP contribution in [0.15, 0.2) is 36.4 Å². The van der Waals surface area contributed by atoms with E-state index in [-0.39, 0.29) is 41.5 Å². The Morgan fingerprint density at radius 3 is 2.14 bits per heavy atom. The topological polar surface area (TPSA) is 51.2 Å². The lowest BCUT2D eigenvalue weighted by molar-refractivity contribution is -0.129. The molecule has 0 spiro atoms. The highest BCUT2D eigenvalue weighted by Crippen LogP contribution is 2.40. The van der Waals surface area contributed by atoms with Crippen molar-refractivity contribution in [3.63, 3.8) is 0 Å². The molecule has 0 saturated carbocycles. The SMILES string of the molecule is CCC.CCCC(CC1CC(=O)c2c(C)ccc(-c3ccc(C)cc3)c2C1)C(CC)C(=O)CC(C)=O. The monoisotopic (exact) mass is 490 g/mol. The fraction of sp³-hybridized carbons (Fsp3) is 0.545. The number of hydrogen-bond donors (Lipinski definition) is 0. The fourth-order valence-corrected chi connectivity index (χ4v) is 5.74. The third-order valence-electron chi connectivity index (χ3n) is 7.27. The largest absolute Gasteiger partial charge is 0.300 e. The Bertz CT molecular complexity index is 1030. The third kappa shape index (κ3) is 7.72. The van der Waals surface area contributed by atoms with Gasteiger partial charge in [0.2, 0.25) is 0 Å². The molecule has 1 aliphatic rings. The first-order valence-electron chi connectivity index (χ1n) is 13.9. The summed E-state index contributed by atoms with van der Waals surface area (Å²) < 4.78 is 0. The minimum atomic E-state index is -0.0978. The zero-order valence-electron chi connectivity index (χ0n) is 23.6. The molecule has 0 fully saturated rings. The molecule has 3 atom stereocenters. The maximum absolute atomic E-state index is 13.3. The number of Topliss-reactive ketones (excluding diaryl/α,β-unsaturated/α-hetero) is 3. The number of rotatable bonds is 10. The van der Waals surface area contributed by atoms with Gasteiger partial charge in [-0.3, -0.25) is 14.4 Å². The van der Waals surface area contributed by atoms with Gasteiger partial charge in [0.1, 0.15) is 11.6 Å². The molecule has 0 saturated heterocycles. The van der Waals surface area contributed by atoms with Crippen molar-refractivity contribution < 1.29 is 14.4 Å². The first kappa shape index (κ1) is 29.7. The van der Waals surface area contributed by atoms with Gasteiger partial charge in [0, 0.05) is 17.9 Å². The maximum atomic E-state index is 13.3. The van der Waals surface area contributed by atoms with Crippen LogP contribution in [0.5, 0.6) is 0 Å². The smallest absolute Gasteiger partial charge is 0.163 e. The quantitative estimate of drug-likeness (QED) is 0.314. The van der Waals surface area contributed by atoms with E-state index in [1.54, 1.807) is 0 Å². The highest BCUT2D eigenvalue weighted by Gasteiger charge is 2.33. The highest BCUT2D eigenvalue weighted by atomic mass is 16.1. The molecular weight excluding hydrogens is 444 g/mol. The summed E-state index contributed by atoms with van der Waals surface area (Å²) in [6, 6.07) is 12.7. The number of aryl methyl sites for hydroxylation is 2. The van der Waals surface area contributed by atoms with Crippen LogP contribution in [-0.4, -0.2) is 17.3 Å². The van der Waals surface area contributed by atoms with E-state index in [0.29, 0.717) is 6.42 Å². The standard InChI is InChI=1S/C30H38O3.C3H8/c1-6-8-24(25(7-2)28(32)15-21(5)31)16-22-17-27-26(23-12-9-19(3)10-13-23)14-11-20(4)30(27)29(33)18-22;1-3-2/h9-14,22,24-25H,6-8,15-18H2,1-5H3;3H2,1-2H3. The number of fused-ring (bicyclic) bond motifs is 1. The predicted octanol–water partition coefficient (Wildman–Crippen LogP) is 8.51. The van der Waals surface area contributed by atoms with Gasteiger partial charge in [-0.05, 0) is 74.1 Å². The van der Waals surface area contributed by atoms with E-state index in [9.17, 15) is 14.4 Å². The van der Waals surface area contributed by atoms with Gasteiger partial charge in [0.15, 0.2) is 5.78 Å². The van der Waals surface area contributed by atoms with Gasteiger partial charge < -0.3 is 0 Å². The Hall–Kier alpha value is -2.55. The lowest BCUT2D eigenvalue weighted by Crippen LogP contribution is -2.30. The number of hydrogen-bond acceptors (Lipinski definition) is 3. The van der Waals surface area contributed by atoms with Crippen molar-refractivity contribution in [2.75, 3.05) is 0 Å². The van der Waals surface area contributed by atoms with Gasteiger partial charge in [-0.15, -0.1) is 0 Å². The molecule has 0 aliphatic heterocycles. The van der Waals surface area contributed by atoms with Crippen LogP contribution in [0.3, 0.4) is 0 Å². The fourth-order valence-electron chi connectivity index (χ4n) is 5.74. The molecule has 2 aromatic carbocycles. The van der Waals surface area contributed by atoms with E-state index in [1.807, 2.05) is 13.8 Å². The Morgan fingerprint density at radius 2 is 1.58 bits per heavy atom. The minimum absolute atomic E-state index is 0.0297. The van der Waals surface area contributed by atoms with E-state index >= 15 is 0 Å². The van der Waals surface area contributed by atoms with E-state index in [2.05, 4.69) is 64.1 Å². The number of ketones is 3. The zero-order chi connectivity index (χ0) is 26.8. The van der Waals surface area contributed by atoms with E-state index in [0.717, 1.165) is 54.4 Å². The summed E-state index contributed by atoms with van der Waals surface area (Å²) in [5.74, 6) is 0.590. The lowest BCUT2D eigenvalue weighted by Gasteiger charge is -2.32. The van der Waals surface area contributed by atoms with Gasteiger partial charge >= 0.3 is 0 Å². The molecule has 3 rings (SSSR count). The summed E-state index contributed by atoms with van der Waals surface area (Å²) in [7, 11) is 0. The molecule has 1 aliphatic carbocycles. The van der Waals surface area contributed by atoms with Crippen LogP contribution in [0, 0.1) is 31.6 Å². The molecule has 36 heavy (non-hydrogen) atoms. The maximum Gasteiger partial charge on any atom is 0.163 e. The summed E-state index contributed by atoms with van der Waals surface area (Å²) >= 11 is 0. The summed E-state index contributed by atoms with van der Waals surface area (Å²) in [5, 5.41) is 0. The summed E-state index contributed by atoms with van der Waals surface area (Å²) in [4.78, 5) is 37.7. The van der Waals surface area contributed by atoms with Crippen molar-refractivity contribution in [3.05, 3.63) is 58.7 Å².